The van der Waals surface area contributed by atoms with Crippen LogP contribution in [0.4, 0.5) is 0 Å². The van der Waals surface area contributed by atoms with Gasteiger partial charge in [-0.15, -0.1) is 0 Å². The maximum absolute atomic E-state index is 11.6. The average molecular weight is 338 g/mol. The minimum Gasteiger partial charge on any atom is -0.469 e. The zero-order valence-electron chi connectivity index (χ0n) is 11.6. The summed E-state index contributed by atoms with van der Waals surface area (Å²) in [5, 5.41) is 0.951. The van der Waals surface area contributed by atoms with E-state index in [1.54, 1.807) is 6.07 Å². The van der Waals surface area contributed by atoms with Gasteiger partial charge in [0.25, 0.3) is 0 Å². The summed E-state index contributed by atoms with van der Waals surface area (Å²) in [6.07, 6.45) is 3.03. The van der Waals surface area contributed by atoms with Gasteiger partial charge in [-0.05, 0) is 48.0 Å². The lowest BCUT2D eigenvalue weighted by molar-refractivity contribution is -0.142. The molecule has 0 amide bonds. The molecule has 0 spiro atoms. The van der Waals surface area contributed by atoms with Crippen LogP contribution in [0.5, 0.6) is 0 Å². The van der Waals surface area contributed by atoms with Gasteiger partial charge in [0, 0.05) is 32.7 Å². The Labute approximate surface area is 125 Å². The summed E-state index contributed by atoms with van der Waals surface area (Å²) >= 11 is 3.50. The van der Waals surface area contributed by atoms with E-state index in [2.05, 4.69) is 15.9 Å². The number of carbonyl (C=O) groups is 2. The number of nitrogens with zero attached hydrogens (tertiary/aromatic N) is 1. The third-order valence-corrected chi connectivity index (χ3v) is 4.00. The van der Waals surface area contributed by atoms with E-state index in [1.165, 1.54) is 7.11 Å². The maximum atomic E-state index is 11.6. The number of ether oxygens (including phenoxy) is 1. The number of hydrogen-bond donors (Lipinski definition) is 0. The van der Waals surface area contributed by atoms with E-state index >= 15 is 0 Å². The fourth-order valence-electron chi connectivity index (χ4n) is 2.29. The standard InChI is InChI=1S/C15H16BrNO3/c1-15(2,7-14(19)20-3)17-8-12(16)11-6-10(9-18)4-5-13(11)17/h4-6,8-9H,7H2,1-3H3. The Kier molecular flexibility index (Phi) is 3.99. The quantitative estimate of drug-likeness (QED) is 0.633. The Balaban J connectivity index is 2.55. The molecular weight excluding hydrogens is 322 g/mol. The number of fused-ring (bicyclic) bond motifs is 1. The van der Waals surface area contributed by atoms with Crippen molar-refractivity contribution in [3.05, 3.63) is 34.4 Å². The van der Waals surface area contributed by atoms with E-state index in [4.69, 9.17) is 4.74 Å². The first-order valence-corrected chi connectivity index (χ1v) is 7.01. The van der Waals surface area contributed by atoms with Crippen LogP contribution in [-0.2, 0) is 15.1 Å². The number of rotatable bonds is 4. The summed E-state index contributed by atoms with van der Waals surface area (Å²) in [7, 11) is 1.39. The van der Waals surface area contributed by atoms with E-state index in [0.29, 0.717) is 5.56 Å². The van der Waals surface area contributed by atoms with Crippen molar-refractivity contribution in [1.29, 1.82) is 0 Å². The average Bonchev–Trinajstić information content (AvgIpc) is 2.76. The number of esters is 1. The molecule has 0 aliphatic heterocycles. The lowest BCUT2D eigenvalue weighted by Gasteiger charge is -2.26. The summed E-state index contributed by atoms with van der Waals surface area (Å²) in [5.74, 6) is -0.252. The van der Waals surface area contributed by atoms with Gasteiger partial charge in [-0.25, -0.2) is 0 Å². The highest BCUT2D eigenvalue weighted by atomic mass is 79.9. The first kappa shape index (κ1) is 14.8. The molecule has 0 aliphatic carbocycles. The first-order chi connectivity index (χ1) is 9.39. The maximum Gasteiger partial charge on any atom is 0.307 e. The number of aromatic nitrogens is 1. The second-order valence-corrected chi connectivity index (χ2v) is 6.16. The van der Waals surface area contributed by atoms with Crippen molar-refractivity contribution in [2.45, 2.75) is 25.8 Å². The Morgan fingerprint density at radius 1 is 1.45 bits per heavy atom. The number of hydrogen-bond acceptors (Lipinski definition) is 3. The van der Waals surface area contributed by atoms with E-state index in [1.807, 2.05) is 36.7 Å². The summed E-state index contributed by atoms with van der Waals surface area (Å²) in [6.45, 7) is 3.95. The van der Waals surface area contributed by atoms with Crippen LogP contribution in [0.15, 0.2) is 28.9 Å². The molecular formula is C15H16BrNO3. The summed E-state index contributed by atoms with van der Waals surface area (Å²) in [5.41, 5.74) is 1.18. The highest BCUT2D eigenvalue weighted by molar-refractivity contribution is 9.10. The van der Waals surface area contributed by atoms with Crippen molar-refractivity contribution >= 4 is 39.1 Å². The van der Waals surface area contributed by atoms with Gasteiger partial charge in [-0.3, -0.25) is 9.59 Å². The lowest BCUT2D eigenvalue weighted by Crippen LogP contribution is -2.29. The second-order valence-electron chi connectivity index (χ2n) is 5.31. The molecule has 0 bridgehead atoms. The van der Waals surface area contributed by atoms with Crippen LogP contribution in [0.1, 0.15) is 30.6 Å². The molecule has 1 aromatic heterocycles. The lowest BCUT2D eigenvalue weighted by atomic mass is 10.00. The zero-order chi connectivity index (χ0) is 14.9. The summed E-state index contributed by atoms with van der Waals surface area (Å²) < 4.78 is 7.68. The zero-order valence-corrected chi connectivity index (χ0v) is 13.2. The van der Waals surface area contributed by atoms with E-state index in [-0.39, 0.29) is 12.4 Å². The molecule has 0 unspecified atom stereocenters. The number of benzene rings is 1. The molecule has 0 aliphatic rings. The Morgan fingerprint density at radius 2 is 2.15 bits per heavy atom. The molecule has 20 heavy (non-hydrogen) atoms. The van der Waals surface area contributed by atoms with Crippen LogP contribution < -0.4 is 0 Å². The van der Waals surface area contributed by atoms with Crippen LogP contribution >= 0.6 is 15.9 Å². The summed E-state index contributed by atoms with van der Waals surface area (Å²) in [6, 6.07) is 5.49. The molecule has 0 saturated carbocycles. The van der Waals surface area contributed by atoms with Gasteiger partial charge in [0.15, 0.2) is 0 Å². The molecule has 1 aromatic carbocycles. The molecule has 5 heteroatoms. The molecule has 2 aromatic rings. The van der Waals surface area contributed by atoms with E-state index in [9.17, 15) is 9.59 Å². The van der Waals surface area contributed by atoms with Gasteiger partial charge in [-0.2, -0.15) is 0 Å². The minimum absolute atomic E-state index is 0.252. The van der Waals surface area contributed by atoms with Crippen LogP contribution in [0.25, 0.3) is 10.9 Å². The molecule has 0 radical (unpaired) electrons. The smallest absolute Gasteiger partial charge is 0.307 e. The normalized spacial score (nSPS) is 11.6. The van der Waals surface area contributed by atoms with Gasteiger partial charge in [-0.1, -0.05) is 0 Å². The molecule has 4 nitrogen and oxygen atoms in total. The van der Waals surface area contributed by atoms with Crippen molar-refractivity contribution in [2.75, 3.05) is 7.11 Å². The number of carbonyl (C=O) groups excluding carboxylic acids is 2. The van der Waals surface area contributed by atoms with E-state index in [0.717, 1.165) is 21.7 Å². The molecule has 0 fully saturated rings. The van der Waals surface area contributed by atoms with Crippen LogP contribution in [0.2, 0.25) is 0 Å². The topological polar surface area (TPSA) is 48.3 Å². The predicted octanol–water partition coefficient (Wildman–Crippen LogP) is 3.51. The minimum atomic E-state index is -0.417. The molecule has 2 rings (SSSR count). The highest BCUT2D eigenvalue weighted by Crippen LogP contribution is 2.33. The van der Waals surface area contributed by atoms with Crippen molar-refractivity contribution in [3.8, 4) is 0 Å². The van der Waals surface area contributed by atoms with Crippen molar-refractivity contribution in [3.63, 3.8) is 0 Å². The first-order valence-electron chi connectivity index (χ1n) is 6.22. The molecule has 0 saturated heterocycles. The van der Waals surface area contributed by atoms with Gasteiger partial charge in [0.2, 0.25) is 0 Å². The Hall–Kier alpha value is -1.62. The van der Waals surface area contributed by atoms with Crippen molar-refractivity contribution in [1.82, 2.24) is 4.57 Å². The monoisotopic (exact) mass is 337 g/mol. The van der Waals surface area contributed by atoms with Crippen LogP contribution in [0.3, 0.4) is 0 Å². The Morgan fingerprint density at radius 3 is 2.75 bits per heavy atom. The number of methoxy groups -OCH3 is 1. The van der Waals surface area contributed by atoms with Crippen LogP contribution in [-0.4, -0.2) is 23.9 Å². The van der Waals surface area contributed by atoms with Gasteiger partial charge in [0.1, 0.15) is 6.29 Å². The fraction of sp³-hybridized carbons (Fsp3) is 0.333. The molecule has 0 atom stereocenters. The Bertz CT molecular complexity index is 673. The molecule has 106 valence electrons. The van der Waals surface area contributed by atoms with Crippen LogP contribution in [0, 0.1) is 0 Å². The fourth-order valence-corrected chi connectivity index (χ4v) is 2.81. The highest BCUT2D eigenvalue weighted by Gasteiger charge is 2.26. The second kappa shape index (κ2) is 5.40. The third kappa shape index (κ3) is 2.63. The van der Waals surface area contributed by atoms with Gasteiger partial charge in [0.05, 0.1) is 13.5 Å². The summed E-state index contributed by atoms with van der Waals surface area (Å²) in [4.78, 5) is 22.4. The van der Waals surface area contributed by atoms with E-state index < -0.39 is 5.54 Å². The van der Waals surface area contributed by atoms with Crippen molar-refractivity contribution in [2.24, 2.45) is 0 Å². The van der Waals surface area contributed by atoms with Gasteiger partial charge < -0.3 is 9.30 Å². The predicted molar refractivity (Wildman–Crippen MR) is 81.0 cm³/mol. The van der Waals surface area contributed by atoms with Gasteiger partial charge >= 0.3 is 5.97 Å². The largest absolute Gasteiger partial charge is 0.469 e. The SMILES string of the molecule is COC(=O)CC(C)(C)n1cc(Br)c2cc(C=O)ccc21. The number of aldehydes is 1. The number of halogens is 1. The molecule has 0 N–H and O–H groups in total. The van der Waals surface area contributed by atoms with Crippen molar-refractivity contribution < 1.29 is 14.3 Å². The molecule has 1 heterocycles. The third-order valence-electron chi connectivity index (χ3n) is 3.37.